The summed E-state index contributed by atoms with van der Waals surface area (Å²) in [6.07, 6.45) is 19.6. The zero-order chi connectivity index (χ0) is 16.3. The molecular formula is C21H35NO. The molecular weight excluding hydrogens is 282 g/mol. The molecule has 130 valence electrons. The summed E-state index contributed by atoms with van der Waals surface area (Å²) in [5, 5.41) is 8.98. The zero-order valence-corrected chi connectivity index (χ0v) is 15.0. The van der Waals surface area contributed by atoms with Crippen molar-refractivity contribution in [3.63, 3.8) is 0 Å². The Kier molecular flexibility index (Phi) is 8.58. The number of allylic oxidation sites excluding steroid dienone is 1. The number of hydrogen-bond acceptors (Lipinski definition) is 2. The predicted octanol–water partition coefficient (Wildman–Crippen LogP) is 6.23. The largest absolute Gasteiger partial charge is 0.501 e. The van der Waals surface area contributed by atoms with Gasteiger partial charge in [0.25, 0.3) is 0 Å². The molecule has 0 saturated heterocycles. The van der Waals surface area contributed by atoms with E-state index in [-0.39, 0.29) is 0 Å². The first kappa shape index (κ1) is 18.4. The Morgan fingerprint density at radius 2 is 1.48 bits per heavy atom. The average Bonchev–Trinajstić information content (AvgIpc) is 2.61. The van der Waals surface area contributed by atoms with Gasteiger partial charge in [-0.05, 0) is 68.8 Å². The molecule has 2 heteroatoms. The van der Waals surface area contributed by atoms with E-state index in [2.05, 4.69) is 19.1 Å². The number of nitriles is 1. The van der Waals surface area contributed by atoms with Crippen LogP contribution in [-0.4, -0.2) is 6.61 Å². The van der Waals surface area contributed by atoms with Crippen LogP contribution in [0.15, 0.2) is 12.3 Å². The molecule has 0 amide bonds. The van der Waals surface area contributed by atoms with Gasteiger partial charge in [-0.1, -0.05) is 39.0 Å². The summed E-state index contributed by atoms with van der Waals surface area (Å²) in [4.78, 5) is 0. The molecule has 23 heavy (non-hydrogen) atoms. The highest BCUT2D eigenvalue weighted by molar-refractivity contribution is 4.87. The van der Waals surface area contributed by atoms with Crippen molar-refractivity contribution >= 4 is 0 Å². The molecule has 0 spiro atoms. The zero-order valence-electron chi connectivity index (χ0n) is 15.0. The van der Waals surface area contributed by atoms with Crippen molar-refractivity contribution in [1.29, 1.82) is 5.26 Å². The van der Waals surface area contributed by atoms with Crippen LogP contribution in [0, 0.1) is 35.0 Å². The second kappa shape index (κ2) is 10.7. The first-order valence-corrected chi connectivity index (χ1v) is 9.98. The maximum atomic E-state index is 8.98. The molecule has 0 aromatic heterocycles. The van der Waals surface area contributed by atoms with Crippen LogP contribution in [0.25, 0.3) is 0 Å². The van der Waals surface area contributed by atoms with Crippen LogP contribution in [0.3, 0.4) is 0 Å². The molecule has 2 aliphatic rings. The minimum atomic E-state index is 0.355. The fourth-order valence-electron chi connectivity index (χ4n) is 4.23. The summed E-state index contributed by atoms with van der Waals surface area (Å²) in [6, 6.07) is 2.45. The monoisotopic (exact) mass is 317 g/mol. The molecule has 2 saturated carbocycles. The normalized spacial score (nSPS) is 31.8. The SMILES string of the molecule is CCCC=COCC1CCC(CCC2CCC(C#N)CC2)CC1. The molecule has 0 aromatic rings. The third-order valence-corrected chi connectivity index (χ3v) is 5.96. The minimum absolute atomic E-state index is 0.355. The Morgan fingerprint density at radius 1 is 0.913 bits per heavy atom. The molecule has 2 nitrogen and oxygen atoms in total. The van der Waals surface area contributed by atoms with Gasteiger partial charge in [0.05, 0.1) is 18.9 Å². The van der Waals surface area contributed by atoms with Crippen molar-refractivity contribution in [2.24, 2.45) is 23.7 Å². The summed E-state index contributed by atoms with van der Waals surface area (Å²) >= 11 is 0. The van der Waals surface area contributed by atoms with Crippen LogP contribution >= 0.6 is 0 Å². The second-order valence-electron chi connectivity index (χ2n) is 7.80. The van der Waals surface area contributed by atoms with Gasteiger partial charge in [-0.25, -0.2) is 0 Å². The smallest absolute Gasteiger partial charge is 0.0901 e. The van der Waals surface area contributed by atoms with Gasteiger partial charge in [0.2, 0.25) is 0 Å². The fraction of sp³-hybridized carbons (Fsp3) is 0.857. The molecule has 2 fully saturated rings. The molecule has 0 aliphatic heterocycles. The molecule has 2 aliphatic carbocycles. The number of nitrogens with zero attached hydrogens (tertiary/aromatic N) is 1. The van der Waals surface area contributed by atoms with E-state index < -0.39 is 0 Å². The molecule has 0 unspecified atom stereocenters. The number of ether oxygens (including phenoxy) is 1. The van der Waals surface area contributed by atoms with Gasteiger partial charge in [0.15, 0.2) is 0 Å². The average molecular weight is 318 g/mol. The van der Waals surface area contributed by atoms with Gasteiger partial charge >= 0.3 is 0 Å². The van der Waals surface area contributed by atoms with E-state index in [0.29, 0.717) is 5.92 Å². The second-order valence-corrected chi connectivity index (χ2v) is 7.80. The maximum absolute atomic E-state index is 8.98. The highest BCUT2D eigenvalue weighted by atomic mass is 16.5. The lowest BCUT2D eigenvalue weighted by atomic mass is 9.76. The van der Waals surface area contributed by atoms with Crippen molar-refractivity contribution in [1.82, 2.24) is 0 Å². The molecule has 0 bridgehead atoms. The molecule has 0 atom stereocenters. The van der Waals surface area contributed by atoms with Crippen molar-refractivity contribution in [2.45, 2.75) is 84.0 Å². The summed E-state index contributed by atoms with van der Waals surface area (Å²) < 4.78 is 5.68. The lowest BCUT2D eigenvalue weighted by Gasteiger charge is -2.30. The predicted molar refractivity (Wildman–Crippen MR) is 95.7 cm³/mol. The number of unbranched alkanes of at least 4 members (excludes halogenated alkanes) is 1. The summed E-state index contributed by atoms with van der Waals surface area (Å²) in [7, 11) is 0. The minimum Gasteiger partial charge on any atom is -0.501 e. The first-order chi connectivity index (χ1) is 11.3. The number of hydrogen-bond donors (Lipinski definition) is 0. The van der Waals surface area contributed by atoms with E-state index in [4.69, 9.17) is 10.00 Å². The highest BCUT2D eigenvalue weighted by Gasteiger charge is 2.24. The molecule has 2 rings (SSSR count). The third kappa shape index (κ3) is 6.98. The first-order valence-electron chi connectivity index (χ1n) is 9.98. The van der Waals surface area contributed by atoms with Gasteiger partial charge in [0.1, 0.15) is 0 Å². The Balaban J connectivity index is 1.52. The summed E-state index contributed by atoms with van der Waals surface area (Å²) in [5.41, 5.74) is 0. The van der Waals surface area contributed by atoms with Gasteiger partial charge in [-0.3, -0.25) is 0 Å². The maximum Gasteiger partial charge on any atom is 0.0901 e. The van der Waals surface area contributed by atoms with E-state index in [1.54, 1.807) is 0 Å². The van der Waals surface area contributed by atoms with E-state index >= 15 is 0 Å². The van der Waals surface area contributed by atoms with Crippen LogP contribution in [0.4, 0.5) is 0 Å². The van der Waals surface area contributed by atoms with Crippen molar-refractivity contribution in [2.75, 3.05) is 6.61 Å². The molecule has 0 heterocycles. The standard InChI is InChI=1S/C21H35NO/c1-2-3-4-15-23-17-21-13-9-19(10-14-21)6-5-18-7-11-20(16-22)12-8-18/h4,15,18-21H,2-3,5-14,17H2,1H3. The van der Waals surface area contributed by atoms with E-state index in [1.807, 2.05) is 6.26 Å². The number of rotatable bonds is 8. The van der Waals surface area contributed by atoms with Crippen molar-refractivity contribution in [3.05, 3.63) is 12.3 Å². The van der Waals surface area contributed by atoms with Gasteiger partial charge in [-0.15, -0.1) is 0 Å². The fourth-order valence-corrected chi connectivity index (χ4v) is 4.23. The third-order valence-electron chi connectivity index (χ3n) is 5.96. The van der Waals surface area contributed by atoms with Crippen molar-refractivity contribution in [3.8, 4) is 6.07 Å². The molecule has 0 N–H and O–H groups in total. The quantitative estimate of drug-likeness (QED) is 0.497. The highest BCUT2D eigenvalue weighted by Crippen LogP contribution is 2.36. The lowest BCUT2D eigenvalue weighted by Crippen LogP contribution is -2.19. The molecule has 0 aromatic carbocycles. The van der Waals surface area contributed by atoms with Crippen LogP contribution in [0.1, 0.15) is 84.0 Å². The van der Waals surface area contributed by atoms with Gasteiger partial charge < -0.3 is 4.74 Å². The van der Waals surface area contributed by atoms with E-state index in [1.165, 1.54) is 57.8 Å². The molecule has 0 radical (unpaired) electrons. The Labute approximate surface area is 143 Å². The summed E-state index contributed by atoms with van der Waals surface area (Å²) in [5.74, 6) is 3.00. The van der Waals surface area contributed by atoms with Crippen LogP contribution in [0.2, 0.25) is 0 Å². The van der Waals surface area contributed by atoms with Crippen molar-refractivity contribution < 1.29 is 4.74 Å². The Morgan fingerprint density at radius 3 is 2.04 bits per heavy atom. The van der Waals surface area contributed by atoms with Crippen LogP contribution in [-0.2, 0) is 4.74 Å². The van der Waals surface area contributed by atoms with Gasteiger partial charge in [0, 0.05) is 5.92 Å². The van der Waals surface area contributed by atoms with E-state index in [0.717, 1.165) is 43.6 Å². The Bertz CT molecular complexity index is 368. The van der Waals surface area contributed by atoms with Crippen LogP contribution in [0.5, 0.6) is 0 Å². The van der Waals surface area contributed by atoms with E-state index in [9.17, 15) is 0 Å². The topological polar surface area (TPSA) is 33.0 Å². The lowest BCUT2D eigenvalue weighted by molar-refractivity contribution is 0.142. The van der Waals surface area contributed by atoms with Crippen LogP contribution < -0.4 is 0 Å². The van der Waals surface area contributed by atoms with Gasteiger partial charge in [-0.2, -0.15) is 5.26 Å². The summed E-state index contributed by atoms with van der Waals surface area (Å²) in [6.45, 7) is 3.12. The Hall–Kier alpha value is -0.970.